The van der Waals surface area contributed by atoms with Crippen LogP contribution in [0, 0.1) is 0 Å². The van der Waals surface area contributed by atoms with Gasteiger partial charge >= 0.3 is 5.97 Å². The van der Waals surface area contributed by atoms with Crippen LogP contribution in [0.1, 0.15) is 32.6 Å². The molecule has 140 valence electrons. The Balaban J connectivity index is 4.87. The lowest BCUT2D eigenvalue weighted by atomic mass is 10.1. The molecule has 0 bridgehead atoms. The van der Waals surface area contributed by atoms with E-state index in [0.717, 1.165) is 0 Å². The normalized spacial score (nSPS) is 15.8. The van der Waals surface area contributed by atoms with E-state index in [1.54, 1.807) is 0 Å². The summed E-state index contributed by atoms with van der Waals surface area (Å²) in [6, 6.07) is -2.86. The predicted molar refractivity (Wildman–Crippen MR) is 91.6 cm³/mol. The molecule has 0 saturated heterocycles. The fourth-order valence-electron chi connectivity index (χ4n) is 1.88. The summed E-state index contributed by atoms with van der Waals surface area (Å²) in [6.45, 7) is 1.91. The maximum absolute atomic E-state index is 12.3. The average Bonchev–Trinajstić information content (AvgIpc) is 2.49. The molecule has 0 aliphatic heterocycles. The standard InChI is InChI=1S/C14H28N4O5S/c1-9(16)12(19)17-10(6-8-24(2)23)13(20)18-11(14(21)22)5-3-4-7-15/h9-11H,3-8,15-16H2,1-2H3,(H,17,19)(H,18,20)(H,21,22). The van der Waals surface area contributed by atoms with Crippen LogP contribution in [-0.2, 0) is 25.2 Å². The van der Waals surface area contributed by atoms with Crippen LogP contribution in [0.25, 0.3) is 0 Å². The van der Waals surface area contributed by atoms with Crippen molar-refractivity contribution in [2.45, 2.75) is 50.7 Å². The average molecular weight is 364 g/mol. The van der Waals surface area contributed by atoms with E-state index in [-0.39, 0.29) is 18.6 Å². The van der Waals surface area contributed by atoms with Crippen LogP contribution >= 0.6 is 0 Å². The molecule has 4 atom stereocenters. The third kappa shape index (κ3) is 9.58. The summed E-state index contributed by atoms with van der Waals surface area (Å²) < 4.78 is 11.2. The van der Waals surface area contributed by atoms with Gasteiger partial charge in [0.2, 0.25) is 11.8 Å². The Morgan fingerprint density at radius 1 is 1.08 bits per heavy atom. The summed E-state index contributed by atoms with van der Waals surface area (Å²) >= 11 is 0. The number of nitrogens with two attached hydrogens (primary N) is 2. The zero-order valence-electron chi connectivity index (χ0n) is 14.1. The second-order valence-electron chi connectivity index (χ2n) is 5.60. The fourth-order valence-corrected chi connectivity index (χ4v) is 2.45. The van der Waals surface area contributed by atoms with Crippen molar-refractivity contribution in [3.8, 4) is 0 Å². The molecule has 0 saturated carbocycles. The van der Waals surface area contributed by atoms with E-state index >= 15 is 0 Å². The van der Waals surface area contributed by atoms with Crippen molar-refractivity contribution in [1.29, 1.82) is 0 Å². The van der Waals surface area contributed by atoms with Gasteiger partial charge < -0.3 is 27.2 Å². The lowest BCUT2D eigenvalue weighted by Crippen LogP contribution is -2.54. The van der Waals surface area contributed by atoms with Crippen molar-refractivity contribution in [3.63, 3.8) is 0 Å². The quantitative estimate of drug-likeness (QED) is 0.257. The Morgan fingerprint density at radius 2 is 1.67 bits per heavy atom. The van der Waals surface area contributed by atoms with Gasteiger partial charge in [0.15, 0.2) is 0 Å². The molecular weight excluding hydrogens is 336 g/mol. The molecular formula is C14H28N4O5S. The number of rotatable bonds is 12. The van der Waals surface area contributed by atoms with Crippen LogP contribution in [0.5, 0.6) is 0 Å². The Morgan fingerprint density at radius 3 is 2.12 bits per heavy atom. The van der Waals surface area contributed by atoms with E-state index in [0.29, 0.717) is 19.4 Å². The zero-order valence-corrected chi connectivity index (χ0v) is 14.9. The van der Waals surface area contributed by atoms with Gasteiger partial charge in [-0.1, -0.05) is 0 Å². The number of unbranched alkanes of at least 4 members (excludes halogenated alkanes) is 1. The van der Waals surface area contributed by atoms with Gasteiger partial charge in [0, 0.05) is 22.8 Å². The highest BCUT2D eigenvalue weighted by Crippen LogP contribution is 2.03. The highest BCUT2D eigenvalue weighted by Gasteiger charge is 2.27. The van der Waals surface area contributed by atoms with Gasteiger partial charge in [-0.05, 0) is 39.2 Å². The van der Waals surface area contributed by atoms with Gasteiger partial charge in [0.1, 0.15) is 12.1 Å². The maximum Gasteiger partial charge on any atom is 0.326 e. The summed E-state index contributed by atoms with van der Waals surface area (Å²) in [5.41, 5.74) is 10.8. The van der Waals surface area contributed by atoms with E-state index in [9.17, 15) is 23.7 Å². The van der Waals surface area contributed by atoms with Crippen LogP contribution in [0.15, 0.2) is 0 Å². The van der Waals surface area contributed by atoms with Crippen molar-refractivity contribution in [3.05, 3.63) is 0 Å². The topological polar surface area (TPSA) is 165 Å². The monoisotopic (exact) mass is 364 g/mol. The van der Waals surface area contributed by atoms with Crippen LogP contribution < -0.4 is 22.1 Å². The van der Waals surface area contributed by atoms with Gasteiger partial charge in [0.05, 0.1) is 6.04 Å². The lowest BCUT2D eigenvalue weighted by molar-refractivity contribution is -0.142. The zero-order chi connectivity index (χ0) is 18.7. The first-order valence-corrected chi connectivity index (χ1v) is 9.51. The molecule has 4 unspecified atom stereocenters. The predicted octanol–water partition coefficient (Wildman–Crippen LogP) is -1.71. The first-order chi connectivity index (χ1) is 11.2. The highest BCUT2D eigenvalue weighted by molar-refractivity contribution is 7.84. The number of hydrogen-bond donors (Lipinski definition) is 5. The molecule has 0 fully saturated rings. The van der Waals surface area contributed by atoms with Crippen molar-refractivity contribution in [2.24, 2.45) is 11.5 Å². The van der Waals surface area contributed by atoms with Gasteiger partial charge in [0.25, 0.3) is 0 Å². The van der Waals surface area contributed by atoms with E-state index in [1.165, 1.54) is 13.2 Å². The Bertz CT molecular complexity index is 458. The maximum atomic E-state index is 12.3. The van der Waals surface area contributed by atoms with Crippen molar-refractivity contribution in [1.82, 2.24) is 10.6 Å². The number of amides is 2. The second kappa shape index (κ2) is 11.9. The molecule has 0 aromatic carbocycles. The van der Waals surface area contributed by atoms with Crippen LogP contribution in [0.3, 0.4) is 0 Å². The van der Waals surface area contributed by atoms with Gasteiger partial charge in [-0.15, -0.1) is 0 Å². The molecule has 0 aromatic heterocycles. The second-order valence-corrected chi connectivity index (χ2v) is 7.15. The minimum Gasteiger partial charge on any atom is -0.480 e. The molecule has 0 rings (SSSR count). The van der Waals surface area contributed by atoms with E-state index in [1.807, 2.05) is 0 Å². The number of carboxylic acid groups (broad SMARTS) is 1. The largest absolute Gasteiger partial charge is 0.480 e. The van der Waals surface area contributed by atoms with Gasteiger partial charge in [-0.3, -0.25) is 13.8 Å². The SMILES string of the molecule is CC(N)C(=O)NC(CCS(C)=O)C(=O)NC(CCCCN)C(=O)O. The lowest BCUT2D eigenvalue weighted by Gasteiger charge is -2.22. The van der Waals surface area contributed by atoms with Gasteiger partial charge in [-0.2, -0.15) is 0 Å². The minimum atomic E-state index is -1.16. The molecule has 0 heterocycles. The molecule has 0 spiro atoms. The summed E-state index contributed by atoms with van der Waals surface area (Å²) in [7, 11) is -1.15. The molecule has 10 heteroatoms. The molecule has 0 aliphatic rings. The van der Waals surface area contributed by atoms with E-state index in [2.05, 4.69) is 10.6 Å². The summed E-state index contributed by atoms with van der Waals surface area (Å²) in [5, 5.41) is 14.1. The number of carboxylic acids is 1. The number of aliphatic carboxylic acids is 1. The number of hydrogen-bond acceptors (Lipinski definition) is 6. The molecule has 0 radical (unpaired) electrons. The molecule has 2 amide bonds. The van der Waals surface area contributed by atoms with Crippen molar-refractivity contribution < 1.29 is 23.7 Å². The highest BCUT2D eigenvalue weighted by atomic mass is 32.2. The van der Waals surface area contributed by atoms with E-state index < -0.39 is 46.7 Å². The Labute approximate surface area is 144 Å². The Hall–Kier alpha value is -1.52. The third-order valence-electron chi connectivity index (χ3n) is 3.30. The summed E-state index contributed by atoms with van der Waals surface area (Å²) in [4.78, 5) is 35.3. The molecule has 7 N–H and O–H groups in total. The first kappa shape index (κ1) is 22.5. The molecule has 9 nitrogen and oxygen atoms in total. The van der Waals surface area contributed by atoms with Crippen LogP contribution in [0.4, 0.5) is 0 Å². The van der Waals surface area contributed by atoms with Crippen LogP contribution in [0.2, 0.25) is 0 Å². The molecule has 0 aliphatic carbocycles. The van der Waals surface area contributed by atoms with Crippen molar-refractivity contribution in [2.75, 3.05) is 18.6 Å². The minimum absolute atomic E-state index is 0.128. The fraction of sp³-hybridized carbons (Fsp3) is 0.786. The molecule has 24 heavy (non-hydrogen) atoms. The van der Waals surface area contributed by atoms with Crippen LogP contribution in [-0.4, -0.2) is 63.8 Å². The van der Waals surface area contributed by atoms with E-state index in [4.69, 9.17) is 11.5 Å². The summed E-state index contributed by atoms with van der Waals surface area (Å²) in [6.07, 6.45) is 3.06. The molecule has 0 aromatic rings. The van der Waals surface area contributed by atoms with Crippen molar-refractivity contribution >= 4 is 28.6 Å². The summed E-state index contributed by atoms with van der Waals surface area (Å²) in [5.74, 6) is -2.12. The number of nitrogens with one attached hydrogen (secondary N) is 2. The number of carbonyl (C=O) groups is 3. The Kier molecular flexibility index (Phi) is 11.2. The third-order valence-corrected chi connectivity index (χ3v) is 4.11. The number of carbonyl (C=O) groups excluding carboxylic acids is 2. The first-order valence-electron chi connectivity index (χ1n) is 7.78. The van der Waals surface area contributed by atoms with Gasteiger partial charge in [-0.25, -0.2) is 4.79 Å². The smallest absolute Gasteiger partial charge is 0.326 e.